The van der Waals surface area contributed by atoms with Crippen LogP contribution in [0.25, 0.3) is 17.0 Å². The average molecular weight is 505 g/mol. The Morgan fingerprint density at radius 1 is 1.19 bits per heavy atom. The maximum Gasteiger partial charge on any atom is 0.270 e. The van der Waals surface area contributed by atoms with Crippen LogP contribution in [0.4, 0.5) is 4.39 Å². The third-order valence-electron chi connectivity index (χ3n) is 6.35. The van der Waals surface area contributed by atoms with Crippen molar-refractivity contribution in [2.24, 2.45) is 0 Å². The highest BCUT2D eigenvalue weighted by Gasteiger charge is 2.39. The summed E-state index contributed by atoms with van der Waals surface area (Å²) in [5, 5.41) is 16.2. The summed E-state index contributed by atoms with van der Waals surface area (Å²) in [7, 11) is 0. The first-order valence-electron chi connectivity index (χ1n) is 12.1. The van der Waals surface area contributed by atoms with Gasteiger partial charge in [0, 0.05) is 18.4 Å². The number of allylic oxidation sites excluding steroid dienone is 1. The Hall–Kier alpha value is -4.11. The smallest absolute Gasteiger partial charge is 0.270 e. The molecule has 1 aliphatic rings. The summed E-state index contributed by atoms with van der Waals surface area (Å²) < 4.78 is 13.4. The molecule has 3 amide bonds. The summed E-state index contributed by atoms with van der Waals surface area (Å²) in [5.41, 5.74) is 2.44. The number of aromatic nitrogens is 1. The molecule has 0 spiro atoms. The molecule has 0 aliphatic carbocycles. The van der Waals surface area contributed by atoms with Crippen LogP contribution in [-0.2, 0) is 9.59 Å². The highest BCUT2D eigenvalue weighted by atomic mass is 19.1. The second-order valence-electron chi connectivity index (χ2n) is 9.03. The Kier molecular flexibility index (Phi) is 7.93. The number of aliphatic hydroxyl groups is 1. The van der Waals surface area contributed by atoms with E-state index in [2.05, 4.69) is 15.6 Å². The number of halogens is 1. The number of aliphatic hydroxyl groups excluding tert-OH is 1. The minimum absolute atomic E-state index is 0.00385. The summed E-state index contributed by atoms with van der Waals surface area (Å²) in [6, 6.07) is 13.6. The number of hydrogen-bond donors (Lipinski definition) is 3. The molecule has 3 atom stereocenters. The second-order valence-corrected chi connectivity index (χ2v) is 9.03. The fraction of sp³-hybridized carbons (Fsp3) is 0.286. The van der Waals surface area contributed by atoms with Crippen molar-refractivity contribution in [2.75, 3.05) is 13.1 Å². The first kappa shape index (κ1) is 26.0. The molecule has 0 radical (unpaired) electrons. The number of nitrogens with one attached hydrogen (secondary N) is 2. The monoisotopic (exact) mass is 504 g/mol. The van der Waals surface area contributed by atoms with Crippen LogP contribution in [0.2, 0.25) is 0 Å². The van der Waals surface area contributed by atoms with Gasteiger partial charge in [-0.1, -0.05) is 42.5 Å². The van der Waals surface area contributed by atoms with Crippen molar-refractivity contribution in [3.8, 4) is 0 Å². The fourth-order valence-corrected chi connectivity index (χ4v) is 4.53. The van der Waals surface area contributed by atoms with Gasteiger partial charge in [-0.15, -0.1) is 0 Å². The third-order valence-corrected chi connectivity index (χ3v) is 6.35. The molecule has 192 valence electrons. The summed E-state index contributed by atoms with van der Waals surface area (Å²) >= 11 is 0. The zero-order valence-electron chi connectivity index (χ0n) is 20.6. The minimum Gasteiger partial charge on any atom is -0.391 e. The van der Waals surface area contributed by atoms with E-state index < -0.39 is 29.8 Å². The van der Waals surface area contributed by atoms with E-state index in [1.54, 1.807) is 6.07 Å². The number of likely N-dealkylation sites (tertiary alicyclic amines) is 1. The largest absolute Gasteiger partial charge is 0.391 e. The topological polar surface area (TPSA) is 112 Å². The van der Waals surface area contributed by atoms with Crippen LogP contribution < -0.4 is 10.6 Å². The molecule has 3 aromatic rings. The summed E-state index contributed by atoms with van der Waals surface area (Å²) in [4.78, 5) is 44.1. The molecule has 0 unspecified atom stereocenters. The van der Waals surface area contributed by atoms with Crippen molar-refractivity contribution in [3.05, 3.63) is 83.3 Å². The lowest BCUT2D eigenvalue weighted by Gasteiger charge is -2.26. The van der Waals surface area contributed by atoms with Gasteiger partial charge < -0.3 is 20.6 Å². The Morgan fingerprint density at radius 3 is 2.76 bits per heavy atom. The van der Waals surface area contributed by atoms with Crippen LogP contribution in [0.5, 0.6) is 0 Å². The molecule has 1 saturated heterocycles. The van der Waals surface area contributed by atoms with E-state index in [4.69, 9.17) is 0 Å². The molecule has 2 heterocycles. The van der Waals surface area contributed by atoms with Crippen molar-refractivity contribution >= 4 is 34.7 Å². The number of pyridine rings is 1. The van der Waals surface area contributed by atoms with Gasteiger partial charge in [-0.2, -0.15) is 0 Å². The lowest BCUT2D eigenvalue weighted by atomic mass is 10.0. The maximum absolute atomic E-state index is 13.4. The van der Waals surface area contributed by atoms with Crippen molar-refractivity contribution in [1.82, 2.24) is 20.5 Å². The first-order chi connectivity index (χ1) is 17.8. The number of nitrogens with zero attached hydrogens (tertiary/aromatic N) is 2. The third kappa shape index (κ3) is 6.00. The summed E-state index contributed by atoms with van der Waals surface area (Å²) in [5.74, 6) is -1.84. The molecule has 0 saturated carbocycles. The van der Waals surface area contributed by atoms with Crippen molar-refractivity contribution in [3.63, 3.8) is 0 Å². The normalized spacial score (nSPS) is 18.2. The Balaban J connectivity index is 1.39. The molecule has 1 fully saturated rings. The van der Waals surface area contributed by atoms with Gasteiger partial charge in [-0.25, -0.2) is 9.37 Å². The molecule has 0 bridgehead atoms. The van der Waals surface area contributed by atoms with Crippen molar-refractivity contribution in [1.29, 1.82) is 0 Å². The van der Waals surface area contributed by atoms with Gasteiger partial charge in [0.05, 0.1) is 24.2 Å². The van der Waals surface area contributed by atoms with E-state index in [9.17, 15) is 23.9 Å². The first-order valence-corrected chi connectivity index (χ1v) is 12.1. The highest BCUT2D eigenvalue weighted by molar-refractivity contribution is 5.97. The lowest BCUT2D eigenvalue weighted by molar-refractivity contribution is -0.138. The SMILES string of the molecule is C/C=C/c1ccccc1[C@H](C)NC(=O)[C@@H]1C[C@@H](O)CN1C(=O)CNC(=O)c1ccc2cc(F)ccc2n1. The molecule has 1 aliphatic heterocycles. The molecule has 37 heavy (non-hydrogen) atoms. The number of carbonyl (C=O) groups is 3. The quantitative estimate of drug-likeness (QED) is 0.458. The number of β-amino-alcohol motifs (C(OH)–C–C–N with tert-alkyl or cyclic N) is 1. The Labute approximate surface area is 214 Å². The number of benzene rings is 2. The van der Waals surface area contributed by atoms with Gasteiger partial charge in [-0.3, -0.25) is 14.4 Å². The Morgan fingerprint density at radius 2 is 1.97 bits per heavy atom. The van der Waals surface area contributed by atoms with Crippen LogP contribution in [0, 0.1) is 5.82 Å². The van der Waals surface area contributed by atoms with Crippen LogP contribution in [-0.4, -0.2) is 57.9 Å². The summed E-state index contributed by atoms with van der Waals surface area (Å²) in [6.07, 6.45) is 3.14. The highest BCUT2D eigenvalue weighted by Crippen LogP contribution is 2.23. The standard InChI is InChI=1S/C28H29FN4O4/c1-3-6-18-7-4-5-8-22(18)17(2)31-28(37)25-14-21(34)16-33(25)26(35)15-30-27(36)24-11-9-19-13-20(29)10-12-23(19)32-24/h3-13,17,21,25,34H,14-16H2,1-2H3,(H,30,36)(H,31,37)/b6-3+/t17-,21+,25-/m0/s1. The van der Waals surface area contributed by atoms with E-state index >= 15 is 0 Å². The molecule has 8 nitrogen and oxygen atoms in total. The van der Waals surface area contributed by atoms with E-state index in [1.165, 1.54) is 29.2 Å². The van der Waals surface area contributed by atoms with Crippen molar-refractivity contribution in [2.45, 2.75) is 38.5 Å². The zero-order chi connectivity index (χ0) is 26.5. The van der Waals surface area contributed by atoms with E-state index in [0.717, 1.165) is 11.1 Å². The predicted molar refractivity (Wildman–Crippen MR) is 138 cm³/mol. The second kappa shape index (κ2) is 11.3. The van der Waals surface area contributed by atoms with Crippen LogP contribution >= 0.6 is 0 Å². The fourth-order valence-electron chi connectivity index (χ4n) is 4.53. The van der Waals surface area contributed by atoms with E-state index in [1.807, 2.05) is 50.3 Å². The molecular formula is C28H29FN4O4. The molecule has 9 heteroatoms. The Bertz CT molecular complexity index is 1360. The van der Waals surface area contributed by atoms with Gasteiger partial charge in [0.1, 0.15) is 17.6 Å². The zero-order valence-corrected chi connectivity index (χ0v) is 20.6. The molecule has 3 N–H and O–H groups in total. The molecule has 4 rings (SSSR count). The van der Waals surface area contributed by atoms with E-state index in [0.29, 0.717) is 10.9 Å². The molecule has 2 aromatic carbocycles. The van der Waals surface area contributed by atoms with Gasteiger partial charge in [0.15, 0.2) is 0 Å². The average Bonchev–Trinajstić information content (AvgIpc) is 3.29. The van der Waals surface area contributed by atoms with E-state index in [-0.39, 0.29) is 37.2 Å². The van der Waals surface area contributed by atoms with Gasteiger partial charge >= 0.3 is 0 Å². The molecular weight excluding hydrogens is 475 g/mol. The molecule has 1 aromatic heterocycles. The van der Waals surface area contributed by atoms with Crippen LogP contribution in [0.15, 0.2) is 60.7 Å². The van der Waals surface area contributed by atoms with Gasteiger partial charge in [-0.05, 0) is 49.2 Å². The number of hydrogen-bond acceptors (Lipinski definition) is 5. The lowest BCUT2D eigenvalue weighted by Crippen LogP contribution is -2.49. The number of carbonyl (C=O) groups excluding carboxylic acids is 3. The van der Waals surface area contributed by atoms with Crippen LogP contribution in [0.3, 0.4) is 0 Å². The van der Waals surface area contributed by atoms with Crippen molar-refractivity contribution < 1.29 is 23.9 Å². The van der Waals surface area contributed by atoms with Gasteiger partial charge in [0.25, 0.3) is 5.91 Å². The summed E-state index contributed by atoms with van der Waals surface area (Å²) in [6.45, 7) is 3.41. The van der Waals surface area contributed by atoms with Gasteiger partial charge in [0.2, 0.25) is 11.8 Å². The number of rotatable bonds is 7. The maximum atomic E-state index is 13.4. The number of amides is 3. The number of fused-ring (bicyclic) bond motifs is 1. The predicted octanol–water partition coefficient (Wildman–Crippen LogP) is 2.98. The van der Waals surface area contributed by atoms with Crippen LogP contribution in [0.1, 0.15) is 47.9 Å². The minimum atomic E-state index is -0.857.